The van der Waals surface area contributed by atoms with Gasteiger partial charge in [-0.1, -0.05) is 6.08 Å². The van der Waals surface area contributed by atoms with Crippen molar-refractivity contribution in [2.24, 2.45) is 0 Å². The van der Waals surface area contributed by atoms with Gasteiger partial charge in [0.15, 0.2) is 0 Å². The van der Waals surface area contributed by atoms with Gasteiger partial charge in [-0.25, -0.2) is 0 Å². The maximum Gasteiger partial charge on any atom is 0.220 e. The lowest BCUT2D eigenvalue weighted by molar-refractivity contribution is -0.119. The average molecular weight is 169 g/mol. The molecule has 0 aliphatic carbocycles. The molecule has 1 amide bonds. The summed E-state index contributed by atoms with van der Waals surface area (Å²) in [5, 5.41) is 2.86. The summed E-state index contributed by atoms with van der Waals surface area (Å²) in [6, 6.07) is 0.192. The van der Waals surface area contributed by atoms with Gasteiger partial charge in [0, 0.05) is 6.42 Å². The Hall–Kier alpha value is -0.830. The Bertz CT molecular complexity index is 179. The second-order valence-corrected chi connectivity index (χ2v) is 3.04. The molecule has 1 fully saturated rings. The number of nitrogens with one attached hydrogen (secondary N) is 1. The SMILES string of the molecule is C=CCO[C@@H](C)C1CCC(=O)N1. The van der Waals surface area contributed by atoms with Gasteiger partial charge in [0.05, 0.1) is 18.8 Å². The highest BCUT2D eigenvalue weighted by atomic mass is 16.5. The summed E-state index contributed by atoms with van der Waals surface area (Å²) in [7, 11) is 0. The molecule has 1 heterocycles. The molecule has 1 aliphatic heterocycles. The number of ether oxygens (including phenoxy) is 1. The molecule has 1 rings (SSSR count). The molecule has 0 spiro atoms. The lowest BCUT2D eigenvalue weighted by atomic mass is 10.1. The van der Waals surface area contributed by atoms with Gasteiger partial charge in [0.25, 0.3) is 0 Å². The third kappa shape index (κ3) is 2.34. The molecule has 0 aromatic heterocycles. The largest absolute Gasteiger partial charge is 0.372 e. The maximum absolute atomic E-state index is 10.8. The molecule has 0 radical (unpaired) electrons. The summed E-state index contributed by atoms with van der Waals surface area (Å²) < 4.78 is 5.39. The third-order valence-corrected chi connectivity index (χ3v) is 2.07. The Morgan fingerprint density at radius 1 is 1.92 bits per heavy atom. The standard InChI is InChI=1S/C9H15NO2/c1-3-6-12-7(2)8-4-5-9(11)10-8/h3,7-8H,1,4-6H2,2H3,(H,10,11)/t7-,8?/m0/s1. The summed E-state index contributed by atoms with van der Waals surface area (Å²) in [6.07, 6.45) is 3.33. The number of amides is 1. The Morgan fingerprint density at radius 3 is 3.17 bits per heavy atom. The third-order valence-electron chi connectivity index (χ3n) is 2.07. The normalized spacial score (nSPS) is 25.1. The highest BCUT2D eigenvalue weighted by molar-refractivity contribution is 5.78. The van der Waals surface area contributed by atoms with Crippen molar-refractivity contribution in [1.82, 2.24) is 5.32 Å². The number of carbonyl (C=O) groups is 1. The van der Waals surface area contributed by atoms with Gasteiger partial charge in [-0.2, -0.15) is 0 Å². The van der Waals surface area contributed by atoms with Crippen molar-refractivity contribution in [3.63, 3.8) is 0 Å². The van der Waals surface area contributed by atoms with Crippen molar-refractivity contribution in [3.8, 4) is 0 Å². The first-order valence-corrected chi connectivity index (χ1v) is 4.26. The molecule has 1 aliphatic rings. The monoisotopic (exact) mass is 169 g/mol. The van der Waals surface area contributed by atoms with E-state index in [4.69, 9.17) is 4.74 Å². The van der Waals surface area contributed by atoms with Gasteiger partial charge in [-0.15, -0.1) is 6.58 Å². The second-order valence-electron chi connectivity index (χ2n) is 3.04. The lowest BCUT2D eigenvalue weighted by Gasteiger charge is -2.18. The Balaban J connectivity index is 2.27. The van der Waals surface area contributed by atoms with Gasteiger partial charge >= 0.3 is 0 Å². The van der Waals surface area contributed by atoms with Crippen molar-refractivity contribution >= 4 is 5.91 Å². The van der Waals surface area contributed by atoms with Crippen LogP contribution in [-0.4, -0.2) is 24.7 Å². The Labute approximate surface area is 72.8 Å². The van der Waals surface area contributed by atoms with E-state index in [-0.39, 0.29) is 18.1 Å². The molecule has 0 aromatic rings. The first-order valence-electron chi connectivity index (χ1n) is 4.26. The predicted octanol–water partition coefficient (Wildman–Crippen LogP) is 0.856. The number of hydrogen-bond acceptors (Lipinski definition) is 2. The van der Waals surface area contributed by atoms with Crippen LogP contribution in [0.5, 0.6) is 0 Å². The van der Waals surface area contributed by atoms with E-state index in [2.05, 4.69) is 11.9 Å². The molecule has 3 heteroatoms. The van der Waals surface area contributed by atoms with E-state index in [0.717, 1.165) is 6.42 Å². The zero-order valence-electron chi connectivity index (χ0n) is 7.38. The van der Waals surface area contributed by atoms with Crippen LogP contribution in [0.1, 0.15) is 19.8 Å². The highest BCUT2D eigenvalue weighted by Gasteiger charge is 2.25. The van der Waals surface area contributed by atoms with E-state index in [1.54, 1.807) is 6.08 Å². The number of hydrogen-bond donors (Lipinski definition) is 1. The van der Waals surface area contributed by atoms with Crippen molar-refractivity contribution in [2.75, 3.05) is 6.61 Å². The van der Waals surface area contributed by atoms with E-state index in [0.29, 0.717) is 13.0 Å². The average Bonchev–Trinajstić information content (AvgIpc) is 2.47. The molecular formula is C9H15NO2. The number of carbonyl (C=O) groups excluding carboxylic acids is 1. The fourth-order valence-electron chi connectivity index (χ4n) is 1.33. The molecule has 2 atom stereocenters. The van der Waals surface area contributed by atoms with Crippen LogP contribution in [0.2, 0.25) is 0 Å². The molecule has 0 saturated carbocycles. The summed E-state index contributed by atoms with van der Waals surface area (Å²) in [4.78, 5) is 10.8. The van der Waals surface area contributed by atoms with Crippen molar-refractivity contribution in [3.05, 3.63) is 12.7 Å². The first kappa shape index (κ1) is 9.26. The van der Waals surface area contributed by atoms with Crippen molar-refractivity contribution in [1.29, 1.82) is 0 Å². The number of rotatable bonds is 4. The summed E-state index contributed by atoms with van der Waals surface area (Å²) in [5.74, 6) is 0.133. The molecule has 68 valence electrons. The van der Waals surface area contributed by atoms with E-state index in [1.807, 2.05) is 6.92 Å². The zero-order chi connectivity index (χ0) is 8.97. The van der Waals surface area contributed by atoms with Crippen LogP contribution < -0.4 is 5.32 Å². The quantitative estimate of drug-likeness (QED) is 0.634. The van der Waals surface area contributed by atoms with E-state index >= 15 is 0 Å². The summed E-state index contributed by atoms with van der Waals surface area (Å²) in [5.41, 5.74) is 0. The van der Waals surface area contributed by atoms with E-state index in [9.17, 15) is 4.79 Å². The van der Waals surface area contributed by atoms with Crippen molar-refractivity contribution in [2.45, 2.75) is 31.9 Å². The van der Waals surface area contributed by atoms with E-state index in [1.165, 1.54) is 0 Å². The fourth-order valence-corrected chi connectivity index (χ4v) is 1.33. The van der Waals surface area contributed by atoms with E-state index < -0.39 is 0 Å². The minimum Gasteiger partial charge on any atom is -0.372 e. The summed E-state index contributed by atoms with van der Waals surface area (Å²) >= 11 is 0. The molecule has 1 unspecified atom stereocenters. The van der Waals surface area contributed by atoms with Crippen LogP contribution in [0.3, 0.4) is 0 Å². The van der Waals surface area contributed by atoms with Crippen LogP contribution in [-0.2, 0) is 9.53 Å². The van der Waals surface area contributed by atoms with Crippen LogP contribution in [0.15, 0.2) is 12.7 Å². The maximum atomic E-state index is 10.8. The van der Waals surface area contributed by atoms with Crippen LogP contribution in [0.4, 0.5) is 0 Å². The second kappa shape index (κ2) is 4.26. The van der Waals surface area contributed by atoms with Gasteiger partial charge in [-0.3, -0.25) is 4.79 Å². The minimum absolute atomic E-state index is 0.0921. The smallest absolute Gasteiger partial charge is 0.220 e. The molecule has 0 bridgehead atoms. The van der Waals surface area contributed by atoms with Crippen LogP contribution in [0.25, 0.3) is 0 Å². The molecule has 1 saturated heterocycles. The van der Waals surface area contributed by atoms with Gasteiger partial charge in [0.2, 0.25) is 5.91 Å². The molecule has 12 heavy (non-hydrogen) atoms. The van der Waals surface area contributed by atoms with Crippen molar-refractivity contribution < 1.29 is 9.53 Å². The minimum atomic E-state index is 0.0921. The lowest BCUT2D eigenvalue weighted by Crippen LogP contribution is -2.36. The van der Waals surface area contributed by atoms with Crippen LogP contribution >= 0.6 is 0 Å². The fraction of sp³-hybridized carbons (Fsp3) is 0.667. The Kier molecular flexibility index (Phi) is 3.29. The van der Waals surface area contributed by atoms with Gasteiger partial charge in [-0.05, 0) is 13.3 Å². The molecule has 3 nitrogen and oxygen atoms in total. The van der Waals surface area contributed by atoms with Gasteiger partial charge < -0.3 is 10.1 Å². The summed E-state index contributed by atoms with van der Waals surface area (Å²) in [6.45, 7) is 6.08. The zero-order valence-corrected chi connectivity index (χ0v) is 7.38. The molecular weight excluding hydrogens is 154 g/mol. The van der Waals surface area contributed by atoms with Crippen LogP contribution in [0, 0.1) is 0 Å². The highest BCUT2D eigenvalue weighted by Crippen LogP contribution is 2.12. The Morgan fingerprint density at radius 2 is 2.67 bits per heavy atom. The topological polar surface area (TPSA) is 38.3 Å². The molecule has 1 N–H and O–H groups in total. The first-order chi connectivity index (χ1) is 5.74. The van der Waals surface area contributed by atoms with Gasteiger partial charge in [0.1, 0.15) is 0 Å². The molecule has 0 aromatic carbocycles. The predicted molar refractivity (Wildman–Crippen MR) is 46.8 cm³/mol.